The average Bonchev–Trinajstić information content (AvgIpc) is 1.99. The van der Waals surface area contributed by atoms with Crippen LogP contribution in [0.2, 0.25) is 0 Å². The Kier molecular flexibility index (Phi) is 4.14. The summed E-state index contributed by atoms with van der Waals surface area (Å²) in [6.45, 7) is -0.267. The highest BCUT2D eigenvalue weighted by Crippen LogP contribution is 2.20. The molecule has 0 amide bonds. The van der Waals surface area contributed by atoms with Crippen molar-refractivity contribution in [3.8, 4) is 0 Å². The van der Waals surface area contributed by atoms with Crippen molar-refractivity contribution < 1.29 is 31.3 Å². The van der Waals surface area contributed by atoms with E-state index in [1.807, 2.05) is 0 Å². The molecular weight excluding hydrogens is 222 g/mol. The van der Waals surface area contributed by atoms with Gasteiger partial charge in [-0.3, -0.25) is 4.55 Å². The maximum atomic E-state index is 12.4. The largest absolute Gasteiger partial charge is 0.455 e. The van der Waals surface area contributed by atoms with Crippen LogP contribution >= 0.6 is 0 Å². The average molecular weight is 230 g/mol. The smallest absolute Gasteiger partial charge is 0.402 e. The highest BCUT2D eigenvalue weighted by Gasteiger charge is 2.45. The van der Waals surface area contributed by atoms with Crippen molar-refractivity contribution in [2.24, 2.45) is 0 Å². The van der Waals surface area contributed by atoms with Crippen LogP contribution in [0.5, 0.6) is 0 Å². The summed E-state index contributed by atoms with van der Waals surface area (Å²) >= 11 is 0. The first-order valence-corrected chi connectivity index (χ1v) is 4.79. The Hall–Kier alpha value is -1.02. The summed E-state index contributed by atoms with van der Waals surface area (Å²) in [5, 5.41) is -4.48. The highest BCUT2D eigenvalue weighted by atomic mass is 32.2. The molecule has 0 spiro atoms. The van der Waals surface area contributed by atoms with E-state index >= 15 is 0 Å². The molecule has 0 aliphatic heterocycles. The SMILES string of the molecule is C/C=C/C(=O)OCC(F)(F)S(=O)(=O)O. The van der Waals surface area contributed by atoms with Crippen molar-refractivity contribution in [3.05, 3.63) is 12.2 Å². The Morgan fingerprint density at radius 3 is 2.43 bits per heavy atom. The van der Waals surface area contributed by atoms with Crippen molar-refractivity contribution in [2.75, 3.05) is 6.61 Å². The lowest BCUT2D eigenvalue weighted by Crippen LogP contribution is -2.34. The van der Waals surface area contributed by atoms with Crippen molar-refractivity contribution in [1.82, 2.24) is 0 Å². The van der Waals surface area contributed by atoms with E-state index < -0.39 is 27.9 Å². The number of rotatable bonds is 4. The normalized spacial score (nSPS) is 13.1. The van der Waals surface area contributed by atoms with E-state index in [-0.39, 0.29) is 0 Å². The minimum absolute atomic E-state index is 0.833. The van der Waals surface area contributed by atoms with Crippen LogP contribution in [-0.2, 0) is 19.6 Å². The van der Waals surface area contributed by atoms with Crippen LogP contribution in [0.25, 0.3) is 0 Å². The summed E-state index contributed by atoms with van der Waals surface area (Å²) in [5.41, 5.74) is 0. The van der Waals surface area contributed by atoms with Gasteiger partial charge in [-0.05, 0) is 6.92 Å². The number of allylic oxidation sites excluding steroid dienone is 1. The molecule has 0 unspecified atom stereocenters. The summed E-state index contributed by atoms with van der Waals surface area (Å²) in [6.07, 6.45) is 2.06. The molecule has 0 aliphatic carbocycles. The van der Waals surface area contributed by atoms with Crippen LogP contribution in [-0.4, -0.2) is 30.8 Å². The van der Waals surface area contributed by atoms with Crippen LogP contribution in [0, 0.1) is 0 Å². The molecule has 0 aromatic heterocycles. The molecule has 0 aromatic carbocycles. The fourth-order valence-corrected chi connectivity index (χ4v) is 0.622. The molecule has 8 heteroatoms. The standard InChI is InChI=1S/C6H8F2O5S/c1-2-3-5(9)13-4-6(7,8)14(10,11)12/h2-3H,4H2,1H3,(H,10,11,12)/b3-2+. The molecule has 14 heavy (non-hydrogen) atoms. The minimum Gasteiger partial charge on any atom is -0.455 e. The molecule has 0 bridgehead atoms. The van der Waals surface area contributed by atoms with Crippen LogP contribution in [0.4, 0.5) is 8.78 Å². The van der Waals surface area contributed by atoms with Gasteiger partial charge in [0.25, 0.3) is 0 Å². The molecule has 0 heterocycles. The number of halogens is 2. The zero-order valence-electron chi connectivity index (χ0n) is 7.11. The van der Waals surface area contributed by atoms with E-state index in [0.717, 1.165) is 6.08 Å². The van der Waals surface area contributed by atoms with E-state index in [2.05, 4.69) is 4.74 Å². The molecule has 1 N–H and O–H groups in total. The third-order valence-corrected chi connectivity index (χ3v) is 1.94. The lowest BCUT2D eigenvalue weighted by molar-refractivity contribution is -0.143. The summed E-state index contributed by atoms with van der Waals surface area (Å²) in [4.78, 5) is 10.5. The van der Waals surface area contributed by atoms with E-state index in [1.165, 1.54) is 13.0 Å². The molecule has 0 rings (SSSR count). The number of esters is 1. The van der Waals surface area contributed by atoms with E-state index in [1.54, 1.807) is 0 Å². The molecule has 5 nitrogen and oxygen atoms in total. The summed E-state index contributed by atoms with van der Waals surface area (Å²) in [6, 6.07) is 0. The maximum Gasteiger partial charge on any atom is 0.402 e. The summed E-state index contributed by atoms with van der Waals surface area (Å²) in [7, 11) is -5.55. The first kappa shape index (κ1) is 13.0. The van der Waals surface area contributed by atoms with Crippen molar-refractivity contribution in [3.63, 3.8) is 0 Å². The van der Waals surface area contributed by atoms with Gasteiger partial charge in [0, 0.05) is 6.08 Å². The maximum absolute atomic E-state index is 12.4. The van der Waals surface area contributed by atoms with Crippen molar-refractivity contribution >= 4 is 16.1 Å². The Morgan fingerprint density at radius 1 is 1.57 bits per heavy atom. The second kappa shape index (κ2) is 4.47. The molecule has 0 atom stereocenters. The fourth-order valence-electron chi connectivity index (χ4n) is 0.414. The van der Waals surface area contributed by atoms with Gasteiger partial charge >= 0.3 is 21.3 Å². The second-order valence-corrected chi connectivity index (χ2v) is 3.77. The Balaban J connectivity index is 4.34. The molecular formula is C6H8F2O5S. The Morgan fingerprint density at radius 2 is 2.07 bits per heavy atom. The number of hydrogen-bond donors (Lipinski definition) is 1. The van der Waals surface area contributed by atoms with Crippen LogP contribution in [0.3, 0.4) is 0 Å². The molecule has 0 saturated carbocycles. The molecule has 82 valence electrons. The van der Waals surface area contributed by atoms with Crippen LogP contribution in [0.1, 0.15) is 6.92 Å². The third kappa shape index (κ3) is 3.79. The van der Waals surface area contributed by atoms with E-state index in [0.29, 0.717) is 0 Å². The van der Waals surface area contributed by atoms with Crippen molar-refractivity contribution in [1.29, 1.82) is 0 Å². The zero-order chi connectivity index (χ0) is 11.4. The Labute approximate surface area is 79.1 Å². The van der Waals surface area contributed by atoms with Crippen LogP contribution in [0.15, 0.2) is 12.2 Å². The lowest BCUT2D eigenvalue weighted by atomic mass is 10.5. The molecule has 0 fully saturated rings. The highest BCUT2D eigenvalue weighted by molar-refractivity contribution is 7.86. The topological polar surface area (TPSA) is 80.7 Å². The number of hydrogen-bond acceptors (Lipinski definition) is 4. The number of alkyl halides is 2. The zero-order valence-corrected chi connectivity index (χ0v) is 7.92. The minimum atomic E-state index is -5.55. The van der Waals surface area contributed by atoms with E-state index in [4.69, 9.17) is 4.55 Å². The summed E-state index contributed by atoms with van der Waals surface area (Å²) < 4.78 is 56.7. The van der Waals surface area contributed by atoms with Crippen LogP contribution < -0.4 is 0 Å². The van der Waals surface area contributed by atoms with Gasteiger partial charge in [0.05, 0.1) is 0 Å². The Bertz CT molecular complexity index is 332. The molecule has 0 radical (unpaired) electrons. The van der Waals surface area contributed by atoms with Gasteiger partial charge in [-0.2, -0.15) is 17.2 Å². The van der Waals surface area contributed by atoms with Gasteiger partial charge in [0.15, 0.2) is 6.61 Å². The van der Waals surface area contributed by atoms with Gasteiger partial charge < -0.3 is 4.74 Å². The number of carbonyl (C=O) groups is 1. The van der Waals surface area contributed by atoms with Gasteiger partial charge in [-0.1, -0.05) is 6.08 Å². The predicted molar refractivity (Wildman–Crippen MR) is 42.3 cm³/mol. The lowest BCUT2D eigenvalue weighted by Gasteiger charge is -2.11. The van der Waals surface area contributed by atoms with Gasteiger partial charge in [0.1, 0.15) is 0 Å². The third-order valence-electron chi connectivity index (χ3n) is 1.06. The quantitative estimate of drug-likeness (QED) is 0.434. The van der Waals surface area contributed by atoms with E-state index in [9.17, 15) is 22.0 Å². The fraction of sp³-hybridized carbons (Fsp3) is 0.500. The predicted octanol–water partition coefficient (Wildman–Crippen LogP) is 0.586. The number of ether oxygens (including phenoxy) is 1. The van der Waals surface area contributed by atoms with Gasteiger partial charge in [0.2, 0.25) is 0 Å². The summed E-state index contributed by atoms with van der Waals surface area (Å²) in [5.74, 6) is -1.11. The second-order valence-electron chi connectivity index (χ2n) is 2.22. The monoisotopic (exact) mass is 230 g/mol. The first-order valence-electron chi connectivity index (χ1n) is 3.35. The molecule has 0 aromatic rings. The molecule has 0 saturated heterocycles. The molecule has 0 aliphatic rings. The first-order chi connectivity index (χ1) is 6.20. The van der Waals surface area contributed by atoms with Crippen molar-refractivity contribution in [2.45, 2.75) is 12.2 Å². The number of carbonyl (C=O) groups excluding carboxylic acids is 1. The van der Waals surface area contributed by atoms with Gasteiger partial charge in [-0.15, -0.1) is 0 Å². The van der Waals surface area contributed by atoms with Gasteiger partial charge in [-0.25, -0.2) is 4.79 Å².